The summed E-state index contributed by atoms with van der Waals surface area (Å²) < 4.78 is 5.12. The number of piperazine rings is 1. The summed E-state index contributed by atoms with van der Waals surface area (Å²) in [5.41, 5.74) is 1.18. The highest BCUT2D eigenvalue weighted by Gasteiger charge is 2.19. The Hall–Kier alpha value is -1.26. The van der Waals surface area contributed by atoms with Crippen molar-refractivity contribution in [2.45, 2.75) is 25.8 Å². The zero-order valence-corrected chi connectivity index (χ0v) is 12.9. The first-order valence-corrected chi connectivity index (χ1v) is 6.83. The summed E-state index contributed by atoms with van der Waals surface area (Å²) in [6.45, 7) is 4.66. The number of nitrogens with zero attached hydrogens (tertiary/aromatic N) is 1. The van der Waals surface area contributed by atoms with Gasteiger partial charge in [0.25, 0.3) is 0 Å². The lowest BCUT2D eigenvalue weighted by Gasteiger charge is -2.32. The van der Waals surface area contributed by atoms with Gasteiger partial charge in [0.2, 0.25) is 5.91 Å². The molecule has 1 heterocycles. The molecule has 0 spiro atoms. The van der Waals surface area contributed by atoms with Crippen molar-refractivity contribution < 1.29 is 9.53 Å². The molecule has 1 atom stereocenters. The summed E-state index contributed by atoms with van der Waals surface area (Å²) in [5, 5.41) is 3.35. The first-order chi connectivity index (χ1) is 9.19. The molecule has 0 unspecified atom stereocenters. The van der Waals surface area contributed by atoms with E-state index in [9.17, 15) is 4.79 Å². The van der Waals surface area contributed by atoms with Gasteiger partial charge in [-0.25, -0.2) is 0 Å². The van der Waals surface area contributed by atoms with Gasteiger partial charge in [0.1, 0.15) is 5.75 Å². The molecule has 0 bridgehead atoms. The molecule has 4 nitrogen and oxygen atoms in total. The summed E-state index contributed by atoms with van der Waals surface area (Å²) in [4.78, 5) is 14.1. The molecule has 112 valence electrons. The molecule has 1 amide bonds. The van der Waals surface area contributed by atoms with Crippen molar-refractivity contribution in [3.8, 4) is 5.75 Å². The van der Waals surface area contributed by atoms with E-state index in [1.165, 1.54) is 5.56 Å². The van der Waals surface area contributed by atoms with Gasteiger partial charge in [-0.15, -0.1) is 12.4 Å². The molecule has 0 aliphatic carbocycles. The topological polar surface area (TPSA) is 41.6 Å². The van der Waals surface area contributed by atoms with Gasteiger partial charge in [0.05, 0.1) is 7.11 Å². The molecule has 0 radical (unpaired) electrons. The third-order valence-corrected chi connectivity index (χ3v) is 3.51. The number of ether oxygens (including phenoxy) is 1. The summed E-state index contributed by atoms with van der Waals surface area (Å²) in [6, 6.07) is 8.32. The monoisotopic (exact) mass is 298 g/mol. The van der Waals surface area contributed by atoms with Crippen LogP contribution in [-0.4, -0.2) is 43.6 Å². The number of methoxy groups -OCH3 is 1. The zero-order valence-electron chi connectivity index (χ0n) is 12.1. The smallest absolute Gasteiger partial charge is 0.222 e. The number of benzene rings is 1. The number of carbonyl (C=O) groups excluding carboxylic acids is 1. The fourth-order valence-corrected chi connectivity index (χ4v) is 2.36. The second kappa shape index (κ2) is 8.12. The van der Waals surface area contributed by atoms with Crippen LogP contribution in [0.4, 0.5) is 0 Å². The van der Waals surface area contributed by atoms with Crippen molar-refractivity contribution in [1.82, 2.24) is 10.2 Å². The fourth-order valence-electron chi connectivity index (χ4n) is 2.36. The molecule has 2 rings (SSSR count). The number of halogens is 1. The predicted molar refractivity (Wildman–Crippen MR) is 82.6 cm³/mol. The van der Waals surface area contributed by atoms with Crippen molar-refractivity contribution in [2.24, 2.45) is 0 Å². The van der Waals surface area contributed by atoms with E-state index in [0.717, 1.165) is 31.8 Å². The van der Waals surface area contributed by atoms with E-state index in [0.29, 0.717) is 12.5 Å². The Bertz CT molecular complexity index is 422. The Morgan fingerprint density at radius 1 is 1.40 bits per heavy atom. The van der Waals surface area contributed by atoms with Gasteiger partial charge in [0.15, 0.2) is 0 Å². The average molecular weight is 299 g/mol. The SMILES string of the molecule is COc1ccc(CCC(=O)N2CCN[C@H](C)C2)cc1.Cl. The van der Waals surface area contributed by atoms with E-state index in [2.05, 4.69) is 12.2 Å². The normalized spacial score (nSPS) is 18.3. The van der Waals surface area contributed by atoms with Gasteiger partial charge >= 0.3 is 0 Å². The van der Waals surface area contributed by atoms with Crippen molar-refractivity contribution in [1.29, 1.82) is 0 Å². The van der Waals surface area contributed by atoms with E-state index in [-0.39, 0.29) is 18.3 Å². The molecule has 0 saturated carbocycles. The number of carbonyl (C=O) groups is 1. The average Bonchev–Trinajstić information content (AvgIpc) is 2.45. The molecular weight excluding hydrogens is 276 g/mol. The number of hydrogen-bond donors (Lipinski definition) is 1. The Balaban J connectivity index is 0.00000200. The largest absolute Gasteiger partial charge is 0.497 e. The predicted octanol–water partition coefficient (Wildman–Crippen LogP) is 1.87. The van der Waals surface area contributed by atoms with Crippen molar-refractivity contribution in [3.63, 3.8) is 0 Å². The van der Waals surface area contributed by atoms with Crippen LogP contribution in [0.3, 0.4) is 0 Å². The van der Waals surface area contributed by atoms with Crippen LogP contribution >= 0.6 is 12.4 Å². The maximum Gasteiger partial charge on any atom is 0.222 e. The van der Waals surface area contributed by atoms with Gasteiger partial charge in [-0.05, 0) is 31.0 Å². The second-order valence-electron chi connectivity index (χ2n) is 5.04. The zero-order chi connectivity index (χ0) is 13.7. The standard InChI is InChI=1S/C15H22N2O2.ClH/c1-12-11-17(10-9-16-12)15(18)8-5-13-3-6-14(19-2)7-4-13;/h3-4,6-7,12,16H,5,8-11H2,1-2H3;1H/t12-;/m1./s1. The molecular formula is C15H23ClN2O2. The third-order valence-electron chi connectivity index (χ3n) is 3.51. The van der Waals surface area contributed by atoms with Crippen molar-refractivity contribution in [3.05, 3.63) is 29.8 Å². The quantitative estimate of drug-likeness (QED) is 0.923. The van der Waals surface area contributed by atoms with Crippen LogP contribution < -0.4 is 10.1 Å². The molecule has 0 aromatic heterocycles. The third kappa shape index (κ3) is 4.69. The summed E-state index contributed by atoms with van der Waals surface area (Å²) in [5.74, 6) is 1.11. The van der Waals surface area contributed by atoms with E-state index in [1.54, 1.807) is 7.11 Å². The van der Waals surface area contributed by atoms with Gasteiger partial charge in [-0.1, -0.05) is 12.1 Å². The van der Waals surface area contributed by atoms with Crippen LogP contribution in [0.1, 0.15) is 18.9 Å². The number of rotatable bonds is 4. The Labute approximate surface area is 126 Å². The fraction of sp³-hybridized carbons (Fsp3) is 0.533. The van der Waals surface area contributed by atoms with Gasteiger partial charge in [0, 0.05) is 32.1 Å². The summed E-state index contributed by atoms with van der Waals surface area (Å²) in [6.07, 6.45) is 1.38. The van der Waals surface area contributed by atoms with Crippen molar-refractivity contribution in [2.75, 3.05) is 26.7 Å². The van der Waals surface area contributed by atoms with Gasteiger partial charge < -0.3 is 15.0 Å². The van der Waals surface area contributed by atoms with Gasteiger partial charge in [-0.2, -0.15) is 0 Å². The first-order valence-electron chi connectivity index (χ1n) is 6.83. The maximum absolute atomic E-state index is 12.1. The lowest BCUT2D eigenvalue weighted by Crippen LogP contribution is -2.51. The molecule has 1 saturated heterocycles. The minimum atomic E-state index is 0. The Morgan fingerprint density at radius 2 is 2.10 bits per heavy atom. The molecule has 1 N–H and O–H groups in total. The molecule has 1 fully saturated rings. The maximum atomic E-state index is 12.1. The van der Waals surface area contributed by atoms with Crippen LogP contribution in [0.25, 0.3) is 0 Å². The van der Waals surface area contributed by atoms with E-state index in [1.807, 2.05) is 29.2 Å². The molecule has 1 aliphatic heterocycles. The molecule has 1 aliphatic rings. The molecule has 1 aromatic carbocycles. The number of aryl methyl sites for hydroxylation is 1. The summed E-state index contributed by atoms with van der Waals surface area (Å²) >= 11 is 0. The van der Waals surface area contributed by atoms with Crippen LogP contribution in [-0.2, 0) is 11.2 Å². The van der Waals surface area contributed by atoms with Crippen LogP contribution in [0, 0.1) is 0 Å². The van der Waals surface area contributed by atoms with E-state index in [4.69, 9.17) is 4.74 Å². The van der Waals surface area contributed by atoms with Crippen LogP contribution in [0.2, 0.25) is 0 Å². The molecule has 1 aromatic rings. The number of amides is 1. The minimum absolute atomic E-state index is 0. The highest BCUT2D eigenvalue weighted by molar-refractivity contribution is 5.85. The first kappa shape index (κ1) is 16.8. The lowest BCUT2D eigenvalue weighted by molar-refractivity contribution is -0.132. The molecule has 20 heavy (non-hydrogen) atoms. The number of nitrogens with one attached hydrogen (secondary N) is 1. The van der Waals surface area contributed by atoms with E-state index < -0.39 is 0 Å². The lowest BCUT2D eigenvalue weighted by atomic mass is 10.1. The van der Waals surface area contributed by atoms with E-state index >= 15 is 0 Å². The molecule has 5 heteroatoms. The second-order valence-corrected chi connectivity index (χ2v) is 5.04. The highest BCUT2D eigenvalue weighted by Crippen LogP contribution is 2.13. The van der Waals surface area contributed by atoms with Crippen molar-refractivity contribution >= 4 is 18.3 Å². The van der Waals surface area contributed by atoms with Gasteiger partial charge in [-0.3, -0.25) is 4.79 Å². The number of hydrogen-bond acceptors (Lipinski definition) is 3. The Kier molecular flexibility index (Phi) is 6.82. The minimum Gasteiger partial charge on any atom is -0.497 e. The Morgan fingerprint density at radius 3 is 2.70 bits per heavy atom. The van der Waals surface area contributed by atoms with Crippen LogP contribution in [0.5, 0.6) is 5.75 Å². The summed E-state index contributed by atoms with van der Waals surface area (Å²) in [7, 11) is 1.66. The van der Waals surface area contributed by atoms with Crippen LogP contribution in [0.15, 0.2) is 24.3 Å². The highest BCUT2D eigenvalue weighted by atomic mass is 35.5.